The standard InChI is InChI=1S/C13H16N4O2S/c1-7-8(3-5-19-7)6-15-12(18)11-10(14)9-2-4-16-17-13(9)20-11/h2,4,7-8H,3,5-6,14H2,1H3,(H,15,18). The molecule has 0 spiro atoms. The molecule has 7 heteroatoms. The Morgan fingerprint density at radius 1 is 1.65 bits per heavy atom. The molecule has 3 N–H and O–H groups in total. The van der Waals surface area contributed by atoms with E-state index in [4.69, 9.17) is 10.5 Å². The van der Waals surface area contributed by atoms with E-state index in [-0.39, 0.29) is 12.0 Å². The summed E-state index contributed by atoms with van der Waals surface area (Å²) < 4.78 is 5.48. The van der Waals surface area contributed by atoms with Crippen LogP contribution in [0.5, 0.6) is 0 Å². The Morgan fingerprint density at radius 3 is 3.20 bits per heavy atom. The average Bonchev–Trinajstić information content (AvgIpc) is 3.01. The van der Waals surface area contributed by atoms with E-state index in [1.165, 1.54) is 11.3 Å². The number of nitrogens with zero attached hydrogens (tertiary/aromatic N) is 2. The van der Waals surface area contributed by atoms with Crippen LogP contribution in [0.25, 0.3) is 10.2 Å². The van der Waals surface area contributed by atoms with Crippen LogP contribution in [0.1, 0.15) is 23.0 Å². The highest BCUT2D eigenvalue weighted by molar-refractivity contribution is 7.21. The van der Waals surface area contributed by atoms with E-state index < -0.39 is 0 Å². The number of anilines is 1. The van der Waals surface area contributed by atoms with Crippen molar-refractivity contribution in [1.82, 2.24) is 15.5 Å². The SMILES string of the molecule is CC1OCCC1CNC(=O)c1sc2nnccc2c1N. The Kier molecular flexibility index (Phi) is 3.54. The lowest BCUT2D eigenvalue weighted by molar-refractivity contribution is 0.0911. The quantitative estimate of drug-likeness (QED) is 0.893. The van der Waals surface area contributed by atoms with Gasteiger partial charge in [-0.15, -0.1) is 16.4 Å². The molecular formula is C13H16N4O2S. The predicted octanol–water partition coefficient (Wildman–Crippen LogP) is 1.43. The maximum Gasteiger partial charge on any atom is 0.263 e. The molecule has 0 saturated carbocycles. The van der Waals surface area contributed by atoms with Crippen LogP contribution in [0.3, 0.4) is 0 Å². The summed E-state index contributed by atoms with van der Waals surface area (Å²) in [4.78, 5) is 13.4. The van der Waals surface area contributed by atoms with E-state index in [0.29, 0.717) is 27.9 Å². The van der Waals surface area contributed by atoms with E-state index in [1.54, 1.807) is 12.3 Å². The Balaban J connectivity index is 1.74. The van der Waals surface area contributed by atoms with E-state index in [2.05, 4.69) is 15.5 Å². The zero-order valence-corrected chi connectivity index (χ0v) is 11.9. The van der Waals surface area contributed by atoms with E-state index in [0.717, 1.165) is 18.4 Å². The third-order valence-corrected chi connectivity index (χ3v) is 4.79. The number of nitrogens with two attached hydrogens (primary N) is 1. The van der Waals surface area contributed by atoms with Gasteiger partial charge >= 0.3 is 0 Å². The molecule has 3 rings (SSSR count). The van der Waals surface area contributed by atoms with Crippen molar-refractivity contribution >= 4 is 33.1 Å². The van der Waals surface area contributed by atoms with Gasteiger partial charge in [0.1, 0.15) is 9.71 Å². The van der Waals surface area contributed by atoms with Crippen LogP contribution in [0.4, 0.5) is 5.69 Å². The molecule has 2 aromatic rings. The first-order valence-electron chi connectivity index (χ1n) is 6.56. The van der Waals surface area contributed by atoms with Crippen LogP contribution in [0.15, 0.2) is 12.3 Å². The Hall–Kier alpha value is -1.73. The highest BCUT2D eigenvalue weighted by atomic mass is 32.1. The molecule has 6 nitrogen and oxygen atoms in total. The fourth-order valence-corrected chi connectivity index (χ4v) is 3.34. The number of ether oxygens (including phenoxy) is 1. The zero-order chi connectivity index (χ0) is 14.1. The maximum atomic E-state index is 12.2. The van der Waals surface area contributed by atoms with Crippen molar-refractivity contribution < 1.29 is 9.53 Å². The van der Waals surface area contributed by atoms with Crippen molar-refractivity contribution in [3.63, 3.8) is 0 Å². The summed E-state index contributed by atoms with van der Waals surface area (Å²) in [6.45, 7) is 3.41. The van der Waals surface area contributed by atoms with E-state index >= 15 is 0 Å². The average molecular weight is 292 g/mol. The molecule has 0 radical (unpaired) electrons. The number of thiophene rings is 1. The third kappa shape index (κ3) is 2.34. The zero-order valence-electron chi connectivity index (χ0n) is 11.1. The summed E-state index contributed by atoms with van der Waals surface area (Å²) >= 11 is 1.27. The van der Waals surface area contributed by atoms with Crippen molar-refractivity contribution in [1.29, 1.82) is 0 Å². The number of fused-ring (bicyclic) bond motifs is 1. The lowest BCUT2D eigenvalue weighted by Crippen LogP contribution is -2.31. The Morgan fingerprint density at radius 2 is 2.50 bits per heavy atom. The monoisotopic (exact) mass is 292 g/mol. The van der Waals surface area contributed by atoms with Gasteiger partial charge in [0.2, 0.25) is 0 Å². The topological polar surface area (TPSA) is 90.1 Å². The highest BCUT2D eigenvalue weighted by Gasteiger charge is 2.25. The van der Waals surface area contributed by atoms with Crippen LogP contribution in [-0.4, -0.2) is 35.4 Å². The fourth-order valence-electron chi connectivity index (χ4n) is 2.39. The molecule has 20 heavy (non-hydrogen) atoms. The summed E-state index contributed by atoms with van der Waals surface area (Å²) in [5, 5.41) is 11.5. The van der Waals surface area contributed by atoms with Crippen LogP contribution < -0.4 is 11.1 Å². The molecule has 1 aliphatic rings. The minimum atomic E-state index is -0.149. The minimum Gasteiger partial charge on any atom is -0.397 e. The van der Waals surface area contributed by atoms with E-state index in [9.17, 15) is 4.79 Å². The summed E-state index contributed by atoms with van der Waals surface area (Å²) in [7, 11) is 0. The number of aromatic nitrogens is 2. The molecule has 1 aliphatic heterocycles. The van der Waals surface area contributed by atoms with Crippen molar-refractivity contribution in [3.8, 4) is 0 Å². The first-order chi connectivity index (χ1) is 9.66. The van der Waals surface area contributed by atoms with Crippen LogP contribution in [0, 0.1) is 5.92 Å². The molecule has 106 valence electrons. The van der Waals surface area contributed by atoms with Crippen LogP contribution >= 0.6 is 11.3 Å². The number of rotatable bonds is 3. The molecular weight excluding hydrogens is 276 g/mol. The molecule has 0 aromatic carbocycles. The van der Waals surface area contributed by atoms with Gasteiger partial charge in [-0.2, -0.15) is 5.10 Å². The molecule has 1 fully saturated rings. The maximum absolute atomic E-state index is 12.2. The van der Waals surface area contributed by atoms with Gasteiger partial charge < -0.3 is 15.8 Å². The molecule has 0 aliphatic carbocycles. The van der Waals surface area contributed by atoms with Crippen LogP contribution in [-0.2, 0) is 4.74 Å². The number of hydrogen-bond donors (Lipinski definition) is 2. The molecule has 2 unspecified atom stereocenters. The van der Waals surface area contributed by atoms with Crippen molar-refractivity contribution in [3.05, 3.63) is 17.1 Å². The largest absolute Gasteiger partial charge is 0.397 e. The predicted molar refractivity (Wildman–Crippen MR) is 77.7 cm³/mol. The van der Waals surface area contributed by atoms with E-state index in [1.807, 2.05) is 6.92 Å². The summed E-state index contributed by atoms with van der Waals surface area (Å²) in [5.74, 6) is 0.221. The first-order valence-corrected chi connectivity index (χ1v) is 7.38. The number of nitrogens with one attached hydrogen (secondary N) is 1. The second-order valence-electron chi connectivity index (χ2n) is 4.93. The summed E-state index contributed by atoms with van der Waals surface area (Å²) in [6.07, 6.45) is 2.75. The molecule has 1 saturated heterocycles. The van der Waals surface area contributed by atoms with Gasteiger partial charge in [0, 0.05) is 24.5 Å². The molecule has 0 bridgehead atoms. The fraction of sp³-hybridized carbons (Fsp3) is 0.462. The highest BCUT2D eigenvalue weighted by Crippen LogP contribution is 2.31. The third-order valence-electron chi connectivity index (χ3n) is 3.68. The molecule has 3 heterocycles. The smallest absolute Gasteiger partial charge is 0.263 e. The Labute approximate surface area is 120 Å². The van der Waals surface area contributed by atoms with Gasteiger partial charge in [0.25, 0.3) is 5.91 Å². The first kappa shape index (κ1) is 13.3. The lowest BCUT2D eigenvalue weighted by Gasteiger charge is -2.14. The van der Waals surface area contributed by atoms with Gasteiger partial charge in [-0.25, -0.2) is 0 Å². The lowest BCUT2D eigenvalue weighted by atomic mass is 10.0. The van der Waals surface area contributed by atoms with Gasteiger partial charge in [-0.1, -0.05) is 0 Å². The summed E-state index contributed by atoms with van der Waals surface area (Å²) in [6, 6.07) is 1.78. The second kappa shape index (κ2) is 5.34. The molecule has 2 atom stereocenters. The van der Waals surface area contributed by atoms with Gasteiger partial charge in [0.15, 0.2) is 0 Å². The normalized spacial score (nSPS) is 22.2. The van der Waals surface area contributed by atoms with Crippen molar-refractivity contribution in [2.75, 3.05) is 18.9 Å². The van der Waals surface area contributed by atoms with Crippen molar-refractivity contribution in [2.45, 2.75) is 19.4 Å². The number of carbonyl (C=O) groups excluding carboxylic acids is 1. The van der Waals surface area contributed by atoms with Gasteiger partial charge in [-0.3, -0.25) is 4.79 Å². The number of amides is 1. The number of nitrogen functional groups attached to an aromatic ring is 1. The number of hydrogen-bond acceptors (Lipinski definition) is 6. The summed E-state index contributed by atoms with van der Waals surface area (Å²) in [5.41, 5.74) is 6.49. The van der Waals surface area contributed by atoms with Gasteiger partial charge in [-0.05, 0) is 19.4 Å². The van der Waals surface area contributed by atoms with Gasteiger partial charge in [0.05, 0.1) is 18.0 Å². The number of carbonyl (C=O) groups is 1. The molecule has 1 amide bonds. The minimum absolute atomic E-state index is 0.149. The van der Waals surface area contributed by atoms with Crippen molar-refractivity contribution in [2.24, 2.45) is 5.92 Å². The second-order valence-corrected chi connectivity index (χ2v) is 5.93. The molecule has 2 aromatic heterocycles. The Bertz CT molecular complexity index is 642. The van der Waals surface area contributed by atoms with Crippen LogP contribution in [0.2, 0.25) is 0 Å².